The van der Waals surface area contributed by atoms with Crippen molar-refractivity contribution in [2.45, 2.75) is 12.8 Å². The van der Waals surface area contributed by atoms with Gasteiger partial charge >= 0.3 is 0 Å². The number of rotatable bonds is 3. The topological polar surface area (TPSA) is 71.7 Å². The van der Waals surface area contributed by atoms with Gasteiger partial charge in [-0.2, -0.15) is 0 Å². The standard InChI is InChI=1S/C10H15N3O2/c14-10(9-3-6-13-15-9)12-7-8-1-4-11-5-2-8/h3,6,8,11H,1-2,4-5,7H2,(H,12,14)/p+1. The number of hydrogen-bond donors (Lipinski definition) is 2. The Kier molecular flexibility index (Phi) is 3.34. The molecule has 15 heavy (non-hydrogen) atoms. The van der Waals surface area contributed by atoms with E-state index in [0.717, 1.165) is 6.54 Å². The normalized spacial score (nSPS) is 17.6. The lowest BCUT2D eigenvalue weighted by molar-refractivity contribution is -0.664. The number of hydrogen-bond acceptors (Lipinski definition) is 3. The summed E-state index contributed by atoms with van der Waals surface area (Å²) in [5.74, 6) is 0.737. The van der Waals surface area contributed by atoms with Crippen LogP contribution in [0.1, 0.15) is 23.4 Å². The zero-order chi connectivity index (χ0) is 10.5. The molecule has 3 N–H and O–H groups in total. The van der Waals surface area contributed by atoms with Crippen molar-refractivity contribution in [3.63, 3.8) is 0 Å². The molecule has 1 fully saturated rings. The van der Waals surface area contributed by atoms with Crippen LogP contribution in [0.3, 0.4) is 0 Å². The number of quaternary nitrogens is 1. The second-order valence-electron chi connectivity index (χ2n) is 3.90. The molecule has 1 aromatic heterocycles. The van der Waals surface area contributed by atoms with Crippen LogP contribution < -0.4 is 10.6 Å². The molecular formula is C10H16N3O2+. The van der Waals surface area contributed by atoms with Gasteiger partial charge in [-0.05, 0) is 5.92 Å². The van der Waals surface area contributed by atoms with Gasteiger partial charge in [0.1, 0.15) is 0 Å². The smallest absolute Gasteiger partial charge is 0.289 e. The molecule has 1 aliphatic rings. The highest BCUT2D eigenvalue weighted by molar-refractivity contribution is 5.91. The molecule has 5 heteroatoms. The van der Waals surface area contributed by atoms with Crippen molar-refractivity contribution in [1.29, 1.82) is 0 Å². The number of carbonyl (C=O) groups excluding carboxylic acids is 1. The van der Waals surface area contributed by atoms with E-state index in [-0.39, 0.29) is 11.7 Å². The van der Waals surface area contributed by atoms with Gasteiger partial charge in [-0.25, -0.2) is 0 Å². The maximum absolute atomic E-state index is 11.5. The number of piperidine rings is 1. The van der Waals surface area contributed by atoms with Gasteiger partial charge in [0, 0.05) is 25.5 Å². The first-order chi connectivity index (χ1) is 7.36. The summed E-state index contributed by atoms with van der Waals surface area (Å²) in [6.45, 7) is 3.08. The number of amides is 1. The van der Waals surface area contributed by atoms with Crippen molar-refractivity contribution in [2.24, 2.45) is 5.92 Å². The first-order valence-corrected chi connectivity index (χ1v) is 5.37. The number of nitrogens with two attached hydrogens (primary N) is 1. The highest BCUT2D eigenvalue weighted by atomic mass is 16.5. The molecule has 0 bridgehead atoms. The number of carbonyl (C=O) groups is 1. The van der Waals surface area contributed by atoms with Gasteiger partial charge in [0.15, 0.2) is 0 Å². The lowest BCUT2D eigenvalue weighted by atomic mass is 9.98. The minimum absolute atomic E-state index is 0.165. The Labute approximate surface area is 88.2 Å². The Bertz CT molecular complexity index is 304. The summed E-state index contributed by atoms with van der Waals surface area (Å²) in [7, 11) is 0. The summed E-state index contributed by atoms with van der Waals surface area (Å²) >= 11 is 0. The molecule has 1 saturated heterocycles. The van der Waals surface area contributed by atoms with E-state index in [9.17, 15) is 4.79 Å². The average Bonchev–Trinajstić information content (AvgIpc) is 2.81. The van der Waals surface area contributed by atoms with Crippen LogP contribution >= 0.6 is 0 Å². The molecule has 82 valence electrons. The van der Waals surface area contributed by atoms with Crippen molar-refractivity contribution < 1.29 is 14.6 Å². The maximum Gasteiger partial charge on any atom is 0.289 e. The third-order valence-corrected chi connectivity index (χ3v) is 2.77. The van der Waals surface area contributed by atoms with Gasteiger partial charge in [-0.3, -0.25) is 4.79 Å². The monoisotopic (exact) mass is 210 g/mol. The summed E-state index contributed by atoms with van der Waals surface area (Å²) in [6, 6.07) is 1.57. The Morgan fingerprint density at radius 1 is 1.60 bits per heavy atom. The highest BCUT2D eigenvalue weighted by Gasteiger charge is 2.17. The fourth-order valence-electron chi connectivity index (χ4n) is 1.86. The van der Waals surface area contributed by atoms with Crippen molar-refractivity contribution in [3.8, 4) is 0 Å². The van der Waals surface area contributed by atoms with Crippen molar-refractivity contribution >= 4 is 5.91 Å². The van der Waals surface area contributed by atoms with Crippen LogP contribution in [0.5, 0.6) is 0 Å². The lowest BCUT2D eigenvalue weighted by Crippen LogP contribution is -2.86. The molecule has 1 aromatic rings. The fourth-order valence-corrected chi connectivity index (χ4v) is 1.86. The van der Waals surface area contributed by atoms with Crippen molar-refractivity contribution in [3.05, 3.63) is 18.0 Å². The van der Waals surface area contributed by atoms with Crippen LogP contribution in [0.25, 0.3) is 0 Å². The van der Waals surface area contributed by atoms with Crippen LogP contribution in [-0.4, -0.2) is 30.7 Å². The first-order valence-electron chi connectivity index (χ1n) is 5.37. The first kappa shape index (κ1) is 10.2. The Balaban J connectivity index is 1.75. The van der Waals surface area contributed by atoms with Gasteiger partial charge in [-0.1, -0.05) is 5.16 Å². The van der Waals surface area contributed by atoms with Crippen LogP contribution in [-0.2, 0) is 0 Å². The third kappa shape index (κ3) is 2.79. The largest absolute Gasteiger partial charge is 0.351 e. The van der Waals surface area contributed by atoms with Gasteiger partial charge in [0.25, 0.3) is 5.91 Å². The van der Waals surface area contributed by atoms with E-state index in [1.54, 1.807) is 6.07 Å². The number of nitrogens with one attached hydrogen (secondary N) is 1. The SMILES string of the molecule is O=C(NCC1CC[NH2+]CC1)c1ccno1. The molecule has 5 nitrogen and oxygen atoms in total. The van der Waals surface area contributed by atoms with E-state index >= 15 is 0 Å². The zero-order valence-corrected chi connectivity index (χ0v) is 8.61. The number of nitrogens with zero attached hydrogens (tertiary/aromatic N) is 1. The molecule has 1 amide bonds. The second-order valence-corrected chi connectivity index (χ2v) is 3.90. The number of aromatic nitrogens is 1. The van der Waals surface area contributed by atoms with Gasteiger partial charge in [0.05, 0.1) is 19.3 Å². The minimum Gasteiger partial charge on any atom is -0.351 e. The highest BCUT2D eigenvalue weighted by Crippen LogP contribution is 2.07. The Hall–Kier alpha value is -1.36. The molecule has 2 rings (SSSR count). The zero-order valence-electron chi connectivity index (χ0n) is 8.61. The lowest BCUT2D eigenvalue weighted by Gasteiger charge is -2.20. The van der Waals surface area contributed by atoms with E-state index in [4.69, 9.17) is 4.52 Å². The predicted molar refractivity (Wildman–Crippen MR) is 53.2 cm³/mol. The minimum atomic E-state index is -0.165. The predicted octanol–water partition coefficient (Wildman–Crippen LogP) is -0.622. The van der Waals surface area contributed by atoms with E-state index in [1.165, 1.54) is 32.1 Å². The quantitative estimate of drug-likeness (QED) is 0.698. The molecule has 0 aliphatic carbocycles. The second kappa shape index (κ2) is 4.93. The Morgan fingerprint density at radius 3 is 3.07 bits per heavy atom. The van der Waals surface area contributed by atoms with E-state index in [1.807, 2.05) is 0 Å². The van der Waals surface area contributed by atoms with Gasteiger partial charge in [0.2, 0.25) is 5.76 Å². The van der Waals surface area contributed by atoms with Crippen LogP contribution in [0, 0.1) is 5.92 Å². The van der Waals surface area contributed by atoms with E-state index < -0.39 is 0 Å². The van der Waals surface area contributed by atoms with Crippen molar-refractivity contribution in [1.82, 2.24) is 10.5 Å². The molecule has 2 heterocycles. The molecular weight excluding hydrogens is 194 g/mol. The van der Waals surface area contributed by atoms with Crippen LogP contribution in [0.2, 0.25) is 0 Å². The maximum atomic E-state index is 11.5. The summed E-state index contributed by atoms with van der Waals surface area (Å²) < 4.78 is 4.77. The van der Waals surface area contributed by atoms with Crippen LogP contribution in [0.4, 0.5) is 0 Å². The average molecular weight is 210 g/mol. The molecule has 0 saturated carbocycles. The van der Waals surface area contributed by atoms with Crippen LogP contribution in [0.15, 0.2) is 16.8 Å². The van der Waals surface area contributed by atoms with E-state index in [2.05, 4.69) is 15.8 Å². The molecule has 0 aromatic carbocycles. The molecule has 0 atom stereocenters. The van der Waals surface area contributed by atoms with Gasteiger partial charge in [-0.15, -0.1) is 0 Å². The van der Waals surface area contributed by atoms with Gasteiger partial charge < -0.3 is 15.2 Å². The summed E-state index contributed by atoms with van der Waals surface area (Å²) in [5.41, 5.74) is 0. The Morgan fingerprint density at radius 2 is 2.40 bits per heavy atom. The fraction of sp³-hybridized carbons (Fsp3) is 0.600. The third-order valence-electron chi connectivity index (χ3n) is 2.77. The molecule has 1 aliphatic heterocycles. The summed E-state index contributed by atoms with van der Waals surface area (Å²) in [6.07, 6.45) is 3.83. The van der Waals surface area contributed by atoms with Crippen molar-refractivity contribution in [2.75, 3.05) is 19.6 Å². The van der Waals surface area contributed by atoms with E-state index in [0.29, 0.717) is 5.92 Å². The molecule has 0 radical (unpaired) electrons. The summed E-state index contributed by atoms with van der Waals surface area (Å²) in [4.78, 5) is 11.5. The summed E-state index contributed by atoms with van der Waals surface area (Å²) in [5, 5.41) is 8.68. The molecule has 0 spiro atoms. The molecule has 0 unspecified atom stereocenters.